The highest BCUT2D eigenvalue weighted by atomic mass is 16.5. The summed E-state index contributed by atoms with van der Waals surface area (Å²) >= 11 is 0. The monoisotopic (exact) mass is 461 g/mol. The molecule has 1 aliphatic heterocycles. The second kappa shape index (κ2) is 9.01. The van der Waals surface area contributed by atoms with Gasteiger partial charge >= 0.3 is 0 Å². The first-order chi connectivity index (χ1) is 16.2. The molecule has 9 nitrogen and oxygen atoms in total. The first-order valence-corrected chi connectivity index (χ1v) is 10.9. The van der Waals surface area contributed by atoms with Gasteiger partial charge in [-0.05, 0) is 61.9 Å². The number of methoxy groups -OCH3 is 1. The summed E-state index contributed by atoms with van der Waals surface area (Å²) < 4.78 is 6.77. The zero-order valence-corrected chi connectivity index (χ0v) is 19.6. The lowest BCUT2D eigenvalue weighted by atomic mass is 9.93. The summed E-state index contributed by atoms with van der Waals surface area (Å²) in [6.45, 7) is 5.47. The van der Waals surface area contributed by atoms with E-state index in [1.165, 1.54) is 11.8 Å². The lowest BCUT2D eigenvalue weighted by Gasteiger charge is -2.43. The van der Waals surface area contributed by atoms with E-state index in [1.54, 1.807) is 49.0 Å². The summed E-state index contributed by atoms with van der Waals surface area (Å²) in [5.41, 5.74) is 1.95. The lowest BCUT2D eigenvalue weighted by molar-refractivity contribution is -0.126. The summed E-state index contributed by atoms with van der Waals surface area (Å²) in [6.07, 6.45) is 0. The minimum absolute atomic E-state index is 0.191. The van der Waals surface area contributed by atoms with Crippen molar-refractivity contribution in [2.75, 3.05) is 17.3 Å². The van der Waals surface area contributed by atoms with Gasteiger partial charge in [0, 0.05) is 24.8 Å². The smallest absolute Gasteiger partial charge is 0.277 e. The van der Waals surface area contributed by atoms with Crippen molar-refractivity contribution >= 4 is 29.1 Å². The molecule has 2 heterocycles. The molecule has 2 aromatic carbocycles. The fourth-order valence-corrected chi connectivity index (χ4v) is 4.13. The van der Waals surface area contributed by atoms with E-state index in [1.807, 2.05) is 31.2 Å². The predicted octanol–water partition coefficient (Wildman–Crippen LogP) is 2.89. The van der Waals surface area contributed by atoms with Crippen molar-refractivity contribution in [3.8, 4) is 5.75 Å². The molecule has 1 aliphatic rings. The van der Waals surface area contributed by atoms with Crippen molar-refractivity contribution in [3.63, 3.8) is 0 Å². The highest BCUT2D eigenvalue weighted by molar-refractivity contribution is 6.12. The number of aromatic nitrogens is 2. The number of carbonyl (C=O) groups is 3. The number of hydrogen-bond donors (Lipinski definition) is 2. The van der Waals surface area contributed by atoms with E-state index < -0.39 is 5.54 Å². The van der Waals surface area contributed by atoms with Crippen LogP contribution < -0.4 is 20.3 Å². The second-order valence-corrected chi connectivity index (χ2v) is 8.50. The normalized spacial score (nSPS) is 17.2. The van der Waals surface area contributed by atoms with Gasteiger partial charge in [-0.25, -0.2) is 0 Å². The van der Waals surface area contributed by atoms with Crippen molar-refractivity contribution in [2.45, 2.75) is 39.4 Å². The molecule has 1 aromatic heterocycles. The van der Waals surface area contributed by atoms with Crippen molar-refractivity contribution < 1.29 is 19.1 Å². The van der Waals surface area contributed by atoms with Gasteiger partial charge in [-0.3, -0.25) is 24.0 Å². The van der Waals surface area contributed by atoms with Crippen LogP contribution in [0.3, 0.4) is 0 Å². The maximum Gasteiger partial charge on any atom is 0.277 e. The van der Waals surface area contributed by atoms with E-state index >= 15 is 0 Å². The zero-order valence-electron chi connectivity index (χ0n) is 19.6. The lowest BCUT2D eigenvalue weighted by Crippen LogP contribution is -2.64. The number of benzene rings is 2. The summed E-state index contributed by atoms with van der Waals surface area (Å²) in [6, 6.07) is 16.0. The molecule has 0 aliphatic carbocycles. The molecule has 1 atom stereocenters. The Kier molecular flexibility index (Phi) is 6.10. The Morgan fingerprint density at radius 3 is 2.41 bits per heavy atom. The number of anilines is 2. The van der Waals surface area contributed by atoms with Gasteiger partial charge in [-0.2, -0.15) is 5.10 Å². The van der Waals surface area contributed by atoms with Crippen LogP contribution in [0.15, 0.2) is 54.6 Å². The van der Waals surface area contributed by atoms with Crippen LogP contribution in [0.25, 0.3) is 0 Å². The van der Waals surface area contributed by atoms with Crippen LogP contribution in [0.4, 0.5) is 11.4 Å². The standard InChI is InChI=1S/C25H27N5O4/c1-16-13-22-23(32)30(20-9-7-19(8-10-20)27-17(2)31)25(3,15-29(22)28-16)24(33)26-14-18-5-11-21(34-4)12-6-18/h5-13H,14-15H2,1-4H3,(H,26,33)(H,27,31)/t25-/m1/s1. The molecule has 9 heteroatoms. The fraction of sp³-hybridized carbons (Fsp3) is 0.280. The predicted molar refractivity (Wildman–Crippen MR) is 128 cm³/mol. The molecule has 0 spiro atoms. The SMILES string of the molecule is COc1ccc(CNC(=O)[C@@]2(C)Cn3nc(C)cc3C(=O)N2c2ccc(NC(C)=O)cc2)cc1. The third kappa shape index (κ3) is 4.36. The number of aryl methyl sites for hydroxylation is 1. The van der Waals surface area contributed by atoms with Crippen LogP contribution in [0.2, 0.25) is 0 Å². The molecule has 0 unspecified atom stereocenters. The Hall–Kier alpha value is -4.14. The van der Waals surface area contributed by atoms with Crippen molar-refractivity contribution in [2.24, 2.45) is 0 Å². The van der Waals surface area contributed by atoms with Crippen molar-refractivity contribution in [3.05, 3.63) is 71.5 Å². The Balaban J connectivity index is 1.65. The summed E-state index contributed by atoms with van der Waals surface area (Å²) in [5, 5.41) is 10.1. The Morgan fingerprint density at radius 2 is 1.79 bits per heavy atom. The molecule has 0 saturated carbocycles. The third-order valence-electron chi connectivity index (χ3n) is 5.82. The number of carbonyl (C=O) groups excluding carboxylic acids is 3. The highest BCUT2D eigenvalue weighted by Gasteiger charge is 2.48. The Bertz CT molecular complexity index is 1230. The number of nitrogens with zero attached hydrogens (tertiary/aromatic N) is 3. The van der Waals surface area contributed by atoms with Crippen LogP contribution in [-0.4, -0.2) is 40.2 Å². The number of nitrogens with one attached hydrogen (secondary N) is 2. The maximum absolute atomic E-state index is 13.6. The summed E-state index contributed by atoms with van der Waals surface area (Å²) in [5.74, 6) is -0.0815. The largest absolute Gasteiger partial charge is 0.497 e. The number of hydrogen-bond acceptors (Lipinski definition) is 5. The van der Waals surface area contributed by atoms with Gasteiger partial charge < -0.3 is 15.4 Å². The molecule has 176 valence electrons. The summed E-state index contributed by atoms with van der Waals surface area (Å²) in [4.78, 5) is 40.0. The van der Waals surface area contributed by atoms with E-state index in [-0.39, 0.29) is 24.3 Å². The molecule has 2 N–H and O–H groups in total. The van der Waals surface area contributed by atoms with Crippen molar-refractivity contribution in [1.82, 2.24) is 15.1 Å². The third-order valence-corrected chi connectivity index (χ3v) is 5.82. The first kappa shape index (κ1) is 23.0. The zero-order chi connectivity index (χ0) is 24.5. The molecule has 3 amide bonds. The van der Waals surface area contributed by atoms with E-state index in [0.29, 0.717) is 29.3 Å². The van der Waals surface area contributed by atoms with E-state index in [2.05, 4.69) is 15.7 Å². The Labute approximate surface area is 197 Å². The summed E-state index contributed by atoms with van der Waals surface area (Å²) in [7, 11) is 1.60. The molecule has 34 heavy (non-hydrogen) atoms. The van der Waals surface area contributed by atoms with Gasteiger partial charge in [0.25, 0.3) is 5.91 Å². The number of rotatable bonds is 6. The number of ether oxygens (including phenoxy) is 1. The second-order valence-electron chi connectivity index (χ2n) is 8.50. The molecule has 0 bridgehead atoms. The van der Waals surface area contributed by atoms with E-state index in [9.17, 15) is 14.4 Å². The van der Waals surface area contributed by atoms with Gasteiger partial charge in [0.15, 0.2) is 0 Å². The number of amides is 3. The molecular formula is C25H27N5O4. The molecule has 0 fully saturated rings. The maximum atomic E-state index is 13.6. The van der Waals surface area contributed by atoms with Gasteiger partial charge in [-0.15, -0.1) is 0 Å². The van der Waals surface area contributed by atoms with Crippen molar-refractivity contribution in [1.29, 1.82) is 0 Å². The van der Waals surface area contributed by atoms with E-state index in [4.69, 9.17) is 4.74 Å². The van der Waals surface area contributed by atoms with Gasteiger partial charge in [0.05, 0.1) is 19.3 Å². The van der Waals surface area contributed by atoms with Crippen LogP contribution >= 0.6 is 0 Å². The van der Waals surface area contributed by atoms with Gasteiger partial charge in [0.1, 0.15) is 17.0 Å². The van der Waals surface area contributed by atoms with Crippen LogP contribution in [0, 0.1) is 6.92 Å². The first-order valence-electron chi connectivity index (χ1n) is 10.9. The minimum atomic E-state index is -1.23. The highest BCUT2D eigenvalue weighted by Crippen LogP contribution is 2.33. The average Bonchev–Trinajstić information content (AvgIpc) is 3.18. The molecule has 4 rings (SSSR count). The van der Waals surface area contributed by atoms with Gasteiger partial charge in [0.2, 0.25) is 11.8 Å². The topological polar surface area (TPSA) is 106 Å². The minimum Gasteiger partial charge on any atom is -0.497 e. The van der Waals surface area contributed by atoms with Crippen LogP contribution in [-0.2, 0) is 22.7 Å². The van der Waals surface area contributed by atoms with Crippen LogP contribution in [0.5, 0.6) is 5.75 Å². The Morgan fingerprint density at radius 1 is 1.12 bits per heavy atom. The van der Waals surface area contributed by atoms with Crippen LogP contribution in [0.1, 0.15) is 35.6 Å². The molecule has 0 saturated heterocycles. The molecular weight excluding hydrogens is 434 g/mol. The van der Waals surface area contributed by atoms with E-state index in [0.717, 1.165) is 11.3 Å². The average molecular weight is 462 g/mol. The molecule has 0 radical (unpaired) electrons. The quantitative estimate of drug-likeness (QED) is 0.587. The molecule has 3 aromatic rings. The fourth-order valence-electron chi connectivity index (χ4n) is 4.13. The number of fused-ring (bicyclic) bond motifs is 1. The van der Waals surface area contributed by atoms with Gasteiger partial charge in [-0.1, -0.05) is 12.1 Å².